The summed E-state index contributed by atoms with van der Waals surface area (Å²) in [6.45, 7) is 2.21. The second kappa shape index (κ2) is 5.23. The molecule has 5 rings (SSSR count). The molecule has 0 aromatic heterocycles. The molecule has 23 heavy (non-hydrogen) atoms. The molecule has 4 bridgehead atoms. The van der Waals surface area contributed by atoms with E-state index in [1.54, 1.807) is 0 Å². The molecule has 5 saturated carbocycles. The largest absolute Gasteiger partial charge is 0.459 e. The van der Waals surface area contributed by atoms with Gasteiger partial charge in [-0.2, -0.15) is 0 Å². The fourth-order valence-electron chi connectivity index (χ4n) is 7.85. The van der Waals surface area contributed by atoms with E-state index in [1.807, 2.05) is 0 Å². The molecule has 0 spiro atoms. The number of fused-ring (bicyclic) bond motifs is 9. The van der Waals surface area contributed by atoms with Crippen molar-refractivity contribution in [2.45, 2.75) is 83.2 Å². The molecule has 5 aliphatic carbocycles. The number of hydrogen-bond donors (Lipinski definition) is 0. The first kappa shape index (κ1) is 14.8. The quantitative estimate of drug-likeness (QED) is 0.543. The lowest BCUT2D eigenvalue weighted by molar-refractivity contribution is -0.172. The van der Waals surface area contributed by atoms with E-state index >= 15 is 0 Å². The maximum absolute atomic E-state index is 13.0. The van der Waals surface area contributed by atoms with E-state index in [-0.39, 0.29) is 17.5 Å². The van der Waals surface area contributed by atoms with Crippen molar-refractivity contribution < 1.29 is 9.53 Å². The summed E-state index contributed by atoms with van der Waals surface area (Å²) < 4.78 is 6.25. The van der Waals surface area contributed by atoms with Gasteiger partial charge in [-0.3, -0.25) is 4.79 Å². The molecule has 5 aliphatic rings. The highest BCUT2D eigenvalue weighted by Gasteiger charge is 2.63. The average molecular weight is 316 g/mol. The van der Waals surface area contributed by atoms with Gasteiger partial charge >= 0.3 is 5.97 Å². The molecule has 0 aromatic rings. The summed E-state index contributed by atoms with van der Waals surface area (Å²) >= 11 is 0. The lowest BCUT2D eigenvalue weighted by Crippen LogP contribution is -2.42. The summed E-state index contributed by atoms with van der Waals surface area (Å²) in [7, 11) is 0. The smallest absolute Gasteiger partial charge is 0.309 e. The maximum atomic E-state index is 13.0. The monoisotopic (exact) mass is 316 g/mol. The zero-order chi connectivity index (χ0) is 15.6. The number of carbonyl (C=O) groups is 1. The van der Waals surface area contributed by atoms with Crippen LogP contribution in [0.5, 0.6) is 0 Å². The highest BCUT2D eigenvalue weighted by atomic mass is 16.6. The first-order valence-electron chi connectivity index (χ1n) is 10.4. The van der Waals surface area contributed by atoms with Gasteiger partial charge in [-0.25, -0.2) is 0 Å². The van der Waals surface area contributed by atoms with Crippen molar-refractivity contribution in [2.24, 2.45) is 41.4 Å². The zero-order valence-electron chi connectivity index (χ0n) is 14.6. The molecule has 0 aromatic carbocycles. The molecule has 0 heterocycles. The summed E-state index contributed by atoms with van der Waals surface area (Å²) in [5.41, 5.74) is -0.106. The first-order valence-corrected chi connectivity index (χ1v) is 10.4. The van der Waals surface area contributed by atoms with Crippen molar-refractivity contribution in [1.82, 2.24) is 0 Å². The maximum Gasteiger partial charge on any atom is 0.309 e. The summed E-state index contributed by atoms with van der Waals surface area (Å²) in [5, 5.41) is 0. The van der Waals surface area contributed by atoms with Gasteiger partial charge in [0.1, 0.15) is 5.60 Å². The Morgan fingerprint density at radius 1 is 0.957 bits per heavy atom. The van der Waals surface area contributed by atoms with Crippen molar-refractivity contribution in [3.63, 3.8) is 0 Å². The third-order valence-electron chi connectivity index (χ3n) is 8.76. The van der Waals surface area contributed by atoms with Crippen LogP contribution in [0.3, 0.4) is 0 Å². The van der Waals surface area contributed by atoms with Crippen LogP contribution in [0.4, 0.5) is 0 Å². The molecule has 0 saturated heterocycles. The minimum atomic E-state index is -0.106. The molecule has 7 unspecified atom stereocenters. The fraction of sp³-hybridized carbons (Fsp3) is 0.952. The highest BCUT2D eigenvalue weighted by Crippen LogP contribution is 2.69. The number of esters is 1. The van der Waals surface area contributed by atoms with E-state index in [4.69, 9.17) is 4.74 Å². The second-order valence-corrected chi connectivity index (χ2v) is 9.51. The molecular formula is C21H32O2. The molecule has 7 atom stereocenters. The number of rotatable bonds is 3. The van der Waals surface area contributed by atoms with Crippen LogP contribution in [0.25, 0.3) is 0 Å². The van der Waals surface area contributed by atoms with E-state index in [9.17, 15) is 4.79 Å². The molecular weight excluding hydrogens is 284 g/mol. The average Bonchev–Trinajstić information content (AvgIpc) is 3.33. The van der Waals surface area contributed by atoms with Crippen LogP contribution in [0, 0.1) is 41.4 Å². The van der Waals surface area contributed by atoms with Crippen LogP contribution in [-0.4, -0.2) is 11.6 Å². The Hall–Kier alpha value is -0.530. The van der Waals surface area contributed by atoms with Crippen molar-refractivity contribution in [3.05, 3.63) is 0 Å². The van der Waals surface area contributed by atoms with Crippen LogP contribution in [0.15, 0.2) is 0 Å². The van der Waals surface area contributed by atoms with E-state index in [2.05, 4.69) is 6.92 Å². The van der Waals surface area contributed by atoms with Crippen molar-refractivity contribution in [2.75, 3.05) is 0 Å². The molecule has 0 N–H and O–H groups in total. The van der Waals surface area contributed by atoms with Crippen LogP contribution >= 0.6 is 0 Å². The van der Waals surface area contributed by atoms with Crippen LogP contribution < -0.4 is 0 Å². The molecule has 2 nitrogen and oxygen atoms in total. The SMILES string of the molecule is CCC1(OC(=O)C2CC3CC2C2C4CCC(C4)C32)CCCCC1. The van der Waals surface area contributed by atoms with Crippen molar-refractivity contribution in [3.8, 4) is 0 Å². The van der Waals surface area contributed by atoms with Crippen molar-refractivity contribution >= 4 is 5.97 Å². The standard InChI is InChI=1S/C21H32O2/c1-2-21(8-4-3-5-9-21)23-20(22)17-12-15-11-16(17)19-14-7-6-13(10-14)18(15)19/h13-19H,2-12H2,1H3. The second-order valence-electron chi connectivity index (χ2n) is 9.51. The van der Waals surface area contributed by atoms with Crippen molar-refractivity contribution in [1.29, 1.82) is 0 Å². The van der Waals surface area contributed by atoms with Gasteiger partial charge in [-0.05, 0) is 99.7 Å². The summed E-state index contributed by atoms with van der Waals surface area (Å²) in [4.78, 5) is 13.0. The molecule has 2 heteroatoms. The highest BCUT2D eigenvalue weighted by molar-refractivity contribution is 5.74. The third-order valence-corrected chi connectivity index (χ3v) is 8.76. The molecule has 0 amide bonds. The lowest BCUT2D eigenvalue weighted by atomic mass is 9.67. The van der Waals surface area contributed by atoms with Gasteiger partial charge in [0.05, 0.1) is 5.92 Å². The number of hydrogen-bond acceptors (Lipinski definition) is 2. The Balaban J connectivity index is 1.31. The van der Waals surface area contributed by atoms with Gasteiger partial charge in [0.25, 0.3) is 0 Å². The first-order chi connectivity index (χ1) is 11.2. The van der Waals surface area contributed by atoms with Gasteiger partial charge in [0, 0.05) is 0 Å². The number of carbonyl (C=O) groups excluding carboxylic acids is 1. The summed E-state index contributed by atoms with van der Waals surface area (Å²) in [6.07, 6.45) is 14.0. The van der Waals surface area contributed by atoms with E-state index in [1.165, 1.54) is 44.9 Å². The zero-order valence-corrected chi connectivity index (χ0v) is 14.6. The summed E-state index contributed by atoms with van der Waals surface area (Å²) in [6, 6.07) is 0. The predicted octanol–water partition coefficient (Wildman–Crippen LogP) is 4.96. The molecule has 128 valence electrons. The Kier molecular flexibility index (Phi) is 3.36. The topological polar surface area (TPSA) is 26.3 Å². The Morgan fingerprint density at radius 3 is 2.43 bits per heavy atom. The van der Waals surface area contributed by atoms with E-state index < -0.39 is 0 Å². The van der Waals surface area contributed by atoms with Crippen LogP contribution in [0.2, 0.25) is 0 Å². The Labute approximate surface area is 140 Å². The van der Waals surface area contributed by atoms with Gasteiger partial charge in [0.15, 0.2) is 0 Å². The molecule has 5 fully saturated rings. The summed E-state index contributed by atoms with van der Waals surface area (Å²) in [5.74, 6) is 5.88. The van der Waals surface area contributed by atoms with E-state index in [0.717, 1.165) is 55.3 Å². The van der Waals surface area contributed by atoms with Gasteiger partial charge in [0.2, 0.25) is 0 Å². The molecule has 0 aliphatic heterocycles. The van der Waals surface area contributed by atoms with Gasteiger partial charge < -0.3 is 4.74 Å². The minimum absolute atomic E-state index is 0.106. The Bertz CT molecular complexity index is 492. The van der Waals surface area contributed by atoms with Gasteiger partial charge in [-0.15, -0.1) is 0 Å². The van der Waals surface area contributed by atoms with Crippen LogP contribution in [-0.2, 0) is 9.53 Å². The Morgan fingerprint density at radius 2 is 1.70 bits per heavy atom. The van der Waals surface area contributed by atoms with Gasteiger partial charge in [-0.1, -0.05) is 13.3 Å². The third kappa shape index (κ3) is 2.09. The normalized spacial score (nSPS) is 49.3. The molecule has 0 radical (unpaired) electrons. The van der Waals surface area contributed by atoms with Crippen LogP contribution in [0.1, 0.15) is 77.6 Å². The lowest BCUT2D eigenvalue weighted by Gasteiger charge is -2.41. The predicted molar refractivity (Wildman–Crippen MR) is 89.7 cm³/mol. The van der Waals surface area contributed by atoms with E-state index in [0.29, 0.717) is 5.92 Å². The number of ether oxygens (including phenoxy) is 1. The minimum Gasteiger partial charge on any atom is -0.459 e. The fourth-order valence-corrected chi connectivity index (χ4v) is 7.85.